The Morgan fingerprint density at radius 1 is 0.955 bits per heavy atom. The molecule has 2 aliphatic heterocycles. The van der Waals surface area contributed by atoms with Crippen LogP contribution in [-0.4, -0.2) is 42.0 Å². The predicted octanol–water partition coefficient (Wildman–Crippen LogP) is 3.95. The summed E-state index contributed by atoms with van der Waals surface area (Å²) in [7, 11) is 0. The van der Waals surface area contributed by atoms with Gasteiger partial charge in [-0.25, -0.2) is 0 Å². The number of rotatable bonds is 4. The predicted molar refractivity (Wildman–Crippen MR) is 94.1 cm³/mol. The molecule has 2 heteroatoms. The second-order valence-electron chi connectivity index (χ2n) is 7.42. The first-order valence-electron chi connectivity index (χ1n) is 9.29. The summed E-state index contributed by atoms with van der Waals surface area (Å²) < 4.78 is 0. The molecule has 2 nitrogen and oxygen atoms in total. The van der Waals surface area contributed by atoms with Gasteiger partial charge in [0.15, 0.2) is 0 Å². The third kappa shape index (κ3) is 4.11. The Hall–Kier alpha value is -0.860. The van der Waals surface area contributed by atoms with Crippen molar-refractivity contribution in [3.63, 3.8) is 0 Å². The van der Waals surface area contributed by atoms with Crippen LogP contribution in [0, 0.1) is 5.92 Å². The number of benzene rings is 1. The molecule has 2 fully saturated rings. The SMILES string of the molecule is CCc1ccc(CN2CCC(N3CCCC(C)C3)CC2)cc1. The molecule has 1 aromatic carbocycles. The molecule has 0 bridgehead atoms. The molecule has 0 spiro atoms. The lowest BCUT2D eigenvalue weighted by atomic mass is 9.95. The average Bonchev–Trinajstić information content (AvgIpc) is 2.56. The van der Waals surface area contributed by atoms with Crippen molar-refractivity contribution in [1.29, 1.82) is 0 Å². The third-order valence-electron chi connectivity index (χ3n) is 5.60. The molecule has 0 radical (unpaired) electrons. The minimum atomic E-state index is 0.849. The Morgan fingerprint density at radius 3 is 2.27 bits per heavy atom. The number of aryl methyl sites for hydroxylation is 1. The van der Waals surface area contributed by atoms with E-state index in [0.29, 0.717) is 0 Å². The van der Waals surface area contributed by atoms with Crippen LogP contribution in [0.2, 0.25) is 0 Å². The highest BCUT2D eigenvalue weighted by molar-refractivity contribution is 5.22. The maximum absolute atomic E-state index is 2.78. The Morgan fingerprint density at radius 2 is 1.64 bits per heavy atom. The summed E-state index contributed by atoms with van der Waals surface area (Å²) in [6.45, 7) is 11.0. The van der Waals surface area contributed by atoms with Crippen molar-refractivity contribution in [2.75, 3.05) is 26.2 Å². The highest BCUT2D eigenvalue weighted by atomic mass is 15.2. The summed E-state index contributed by atoms with van der Waals surface area (Å²) in [5.74, 6) is 0.906. The number of piperidine rings is 2. The molecule has 1 unspecified atom stereocenters. The lowest BCUT2D eigenvalue weighted by Gasteiger charge is -2.41. The molecule has 2 saturated heterocycles. The van der Waals surface area contributed by atoms with Crippen LogP contribution in [0.3, 0.4) is 0 Å². The molecule has 0 saturated carbocycles. The molecule has 0 amide bonds. The van der Waals surface area contributed by atoms with Crippen LogP contribution in [-0.2, 0) is 13.0 Å². The molecule has 2 heterocycles. The summed E-state index contributed by atoms with van der Waals surface area (Å²) in [6, 6.07) is 10.1. The van der Waals surface area contributed by atoms with Gasteiger partial charge in [-0.1, -0.05) is 38.1 Å². The van der Waals surface area contributed by atoms with E-state index in [1.54, 1.807) is 0 Å². The maximum Gasteiger partial charge on any atom is 0.0233 e. The molecular formula is C20H32N2. The van der Waals surface area contributed by atoms with E-state index in [0.717, 1.165) is 24.9 Å². The molecule has 0 aliphatic carbocycles. The van der Waals surface area contributed by atoms with Gasteiger partial charge in [0.25, 0.3) is 0 Å². The monoisotopic (exact) mass is 300 g/mol. The van der Waals surface area contributed by atoms with Crippen LogP contribution in [0.4, 0.5) is 0 Å². The van der Waals surface area contributed by atoms with Crippen LogP contribution < -0.4 is 0 Å². The van der Waals surface area contributed by atoms with E-state index in [2.05, 4.69) is 47.9 Å². The Bertz CT molecular complexity index is 445. The van der Waals surface area contributed by atoms with Gasteiger partial charge in [-0.15, -0.1) is 0 Å². The fourth-order valence-electron chi connectivity index (χ4n) is 4.14. The van der Waals surface area contributed by atoms with Gasteiger partial charge in [0, 0.05) is 19.1 Å². The molecule has 2 aliphatic rings. The summed E-state index contributed by atoms with van der Waals surface area (Å²) in [5.41, 5.74) is 2.92. The highest BCUT2D eigenvalue weighted by Gasteiger charge is 2.27. The fraction of sp³-hybridized carbons (Fsp3) is 0.700. The van der Waals surface area contributed by atoms with Crippen molar-refractivity contribution >= 4 is 0 Å². The second kappa shape index (κ2) is 7.61. The van der Waals surface area contributed by atoms with Crippen molar-refractivity contribution < 1.29 is 0 Å². The summed E-state index contributed by atoms with van der Waals surface area (Å²) in [6.07, 6.45) is 6.70. The lowest BCUT2D eigenvalue weighted by Crippen LogP contribution is -2.47. The Labute approximate surface area is 136 Å². The van der Waals surface area contributed by atoms with Gasteiger partial charge in [0.05, 0.1) is 0 Å². The minimum Gasteiger partial charge on any atom is -0.300 e. The molecule has 122 valence electrons. The topological polar surface area (TPSA) is 6.48 Å². The smallest absolute Gasteiger partial charge is 0.0233 e. The number of likely N-dealkylation sites (tertiary alicyclic amines) is 2. The summed E-state index contributed by atoms with van der Waals surface area (Å²) in [5, 5.41) is 0. The van der Waals surface area contributed by atoms with Gasteiger partial charge >= 0.3 is 0 Å². The highest BCUT2D eigenvalue weighted by Crippen LogP contribution is 2.24. The lowest BCUT2D eigenvalue weighted by molar-refractivity contribution is 0.0729. The van der Waals surface area contributed by atoms with E-state index in [9.17, 15) is 0 Å². The van der Waals surface area contributed by atoms with Crippen LogP contribution in [0.1, 0.15) is 50.7 Å². The molecule has 22 heavy (non-hydrogen) atoms. The van der Waals surface area contributed by atoms with Crippen molar-refractivity contribution in [3.8, 4) is 0 Å². The normalized spacial score (nSPS) is 25.5. The largest absolute Gasteiger partial charge is 0.300 e. The summed E-state index contributed by atoms with van der Waals surface area (Å²) >= 11 is 0. The van der Waals surface area contributed by atoms with Crippen LogP contribution >= 0.6 is 0 Å². The first kappa shape index (κ1) is 16.0. The Balaban J connectivity index is 1.46. The Kier molecular flexibility index (Phi) is 5.54. The van der Waals surface area contributed by atoms with Crippen LogP contribution in [0.5, 0.6) is 0 Å². The fourth-order valence-corrected chi connectivity index (χ4v) is 4.14. The van der Waals surface area contributed by atoms with Crippen molar-refractivity contribution in [2.45, 2.75) is 58.5 Å². The van der Waals surface area contributed by atoms with E-state index >= 15 is 0 Å². The molecule has 0 N–H and O–H groups in total. The number of hydrogen-bond acceptors (Lipinski definition) is 2. The third-order valence-corrected chi connectivity index (χ3v) is 5.60. The average molecular weight is 300 g/mol. The van der Waals surface area contributed by atoms with Gasteiger partial charge < -0.3 is 4.90 Å². The van der Waals surface area contributed by atoms with Crippen molar-refractivity contribution in [1.82, 2.24) is 9.80 Å². The maximum atomic E-state index is 2.78. The number of hydrogen-bond donors (Lipinski definition) is 0. The van der Waals surface area contributed by atoms with Gasteiger partial charge in [-0.05, 0) is 68.8 Å². The summed E-state index contributed by atoms with van der Waals surface area (Å²) in [4.78, 5) is 5.42. The van der Waals surface area contributed by atoms with E-state index in [1.165, 1.54) is 63.0 Å². The van der Waals surface area contributed by atoms with Crippen molar-refractivity contribution in [3.05, 3.63) is 35.4 Å². The van der Waals surface area contributed by atoms with E-state index in [1.807, 2.05) is 0 Å². The first-order chi connectivity index (χ1) is 10.7. The molecule has 0 aromatic heterocycles. The van der Waals surface area contributed by atoms with E-state index < -0.39 is 0 Å². The molecule has 1 aromatic rings. The first-order valence-corrected chi connectivity index (χ1v) is 9.29. The van der Waals surface area contributed by atoms with Gasteiger partial charge in [-0.2, -0.15) is 0 Å². The number of nitrogens with zero attached hydrogens (tertiary/aromatic N) is 2. The zero-order valence-electron chi connectivity index (χ0n) is 14.4. The molecule has 1 atom stereocenters. The van der Waals surface area contributed by atoms with Gasteiger partial charge in [0.2, 0.25) is 0 Å². The van der Waals surface area contributed by atoms with Gasteiger partial charge in [0.1, 0.15) is 0 Å². The second-order valence-corrected chi connectivity index (χ2v) is 7.42. The van der Waals surface area contributed by atoms with Crippen LogP contribution in [0.25, 0.3) is 0 Å². The zero-order valence-corrected chi connectivity index (χ0v) is 14.4. The van der Waals surface area contributed by atoms with Crippen molar-refractivity contribution in [2.24, 2.45) is 5.92 Å². The van der Waals surface area contributed by atoms with Crippen LogP contribution in [0.15, 0.2) is 24.3 Å². The molecular weight excluding hydrogens is 268 g/mol. The quantitative estimate of drug-likeness (QED) is 0.831. The minimum absolute atomic E-state index is 0.849. The van der Waals surface area contributed by atoms with E-state index in [4.69, 9.17) is 0 Å². The zero-order chi connectivity index (χ0) is 15.4. The molecule has 3 rings (SSSR count). The van der Waals surface area contributed by atoms with Gasteiger partial charge in [-0.3, -0.25) is 4.90 Å². The standard InChI is InChI=1S/C20H32N2/c1-3-18-6-8-19(9-7-18)16-21-13-10-20(11-14-21)22-12-4-5-17(2)15-22/h6-9,17,20H,3-5,10-16H2,1-2H3. The van der Waals surface area contributed by atoms with E-state index in [-0.39, 0.29) is 0 Å².